The van der Waals surface area contributed by atoms with Crippen LogP contribution < -0.4 is 9.46 Å². The first-order chi connectivity index (χ1) is 9.33. The van der Waals surface area contributed by atoms with Gasteiger partial charge in [-0.2, -0.15) is 8.42 Å². The van der Waals surface area contributed by atoms with E-state index in [1.54, 1.807) is 12.1 Å². The lowest BCUT2D eigenvalue weighted by Gasteiger charge is -2.04. The number of aryl methyl sites for hydroxylation is 1. The number of hydrogen-bond acceptors (Lipinski definition) is 6. The fourth-order valence-corrected chi connectivity index (χ4v) is 2.61. The summed E-state index contributed by atoms with van der Waals surface area (Å²) in [6.07, 6.45) is -1.17. The number of ether oxygens (including phenoxy) is 1. The van der Waals surface area contributed by atoms with E-state index in [1.165, 1.54) is 28.2 Å². The van der Waals surface area contributed by atoms with E-state index in [0.29, 0.717) is 0 Å². The number of halogens is 1. The Bertz CT molecular complexity index is 725. The van der Waals surface area contributed by atoms with Crippen LogP contribution >= 0.6 is 22.0 Å². The van der Waals surface area contributed by atoms with Gasteiger partial charge in [-0.05, 0) is 31.2 Å². The second-order valence-electron chi connectivity index (χ2n) is 3.75. The van der Waals surface area contributed by atoms with E-state index in [1.807, 2.05) is 12.3 Å². The van der Waals surface area contributed by atoms with Gasteiger partial charge in [-0.1, -0.05) is 0 Å². The molecule has 0 aliphatic heterocycles. The second kappa shape index (κ2) is 5.78. The largest absolute Gasteiger partial charge is 0.427 e. The van der Waals surface area contributed by atoms with Crippen LogP contribution in [0.25, 0.3) is 10.6 Å². The van der Waals surface area contributed by atoms with E-state index < -0.39 is 15.3 Å². The van der Waals surface area contributed by atoms with Crippen molar-refractivity contribution < 1.29 is 17.9 Å². The number of carbonyl (C=O) groups excluding carboxylic acids is 1. The third-order valence-electron chi connectivity index (χ3n) is 2.14. The van der Waals surface area contributed by atoms with Crippen molar-refractivity contribution in [1.29, 1.82) is 0 Å². The monoisotopic (exact) mass is 332 g/mol. The van der Waals surface area contributed by atoms with Crippen molar-refractivity contribution in [3.63, 3.8) is 0 Å². The molecular weight excluding hydrogens is 324 g/mol. The Morgan fingerprint density at radius 3 is 2.50 bits per heavy atom. The van der Waals surface area contributed by atoms with Crippen molar-refractivity contribution in [2.75, 3.05) is 0 Å². The van der Waals surface area contributed by atoms with Crippen LogP contribution in [0.1, 0.15) is 5.69 Å². The Labute approximate surface area is 123 Å². The lowest BCUT2D eigenvalue weighted by atomic mass is 10.2. The lowest BCUT2D eigenvalue weighted by molar-refractivity contribution is 0.207. The van der Waals surface area contributed by atoms with Crippen molar-refractivity contribution in [3.05, 3.63) is 35.3 Å². The Balaban J connectivity index is 2.07. The van der Waals surface area contributed by atoms with Crippen LogP contribution in [0.4, 0.5) is 4.79 Å². The van der Waals surface area contributed by atoms with Crippen LogP contribution in [-0.4, -0.2) is 19.5 Å². The van der Waals surface area contributed by atoms with Crippen LogP contribution in [0, 0.1) is 6.92 Å². The molecule has 0 bridgehead atoms. The summed E-state index contributed by atoms with van der Waals surface area (Å²) < 4.78 is 27.5. The molecule has 106 valence electrons. The van der Waals surface area contributed by atoms with Gasteiger partial charge in [0.05, 0.1) is 0 Å². The molecule has 1 N–H and O–H groups in total. The van der Waals surface area contributed by atoms with Crippen molar-refractivity contribution >= 4 is 37.3 Å². The van der Waals surface area contributed by atoms with E-state index in [4.69, 9.17) is 15.4 Å². The molecule has 1 amide bonds. The maximum atomic E-state index is 11.2. The van der Waals surface area contributed by atoms with Crippen LogP contribution in [0.3, 0.4) is 0 Å². The third-order valence-corrected chi connectivity index (χ3v) is 3.79. The molecule has 0 aliphatic rings. The number of aromatic nitrogens is 1. The molecule has 0 saturated carbocycles. The van der Waals surface area contributed by atoms with E-state index in [9.17, 15) is 13.2 Å². The minimum Gasteiger partial charge on any atom is -0.410 e. The molecule has 0 radical (unpaired) electrons. The normalized spacial score (nSPS) is 11.1. The standard InChI is InChI=1S/C11H9ClN2O4S2/c1-7-6-19-10(13-7)8-2-4-9(5-3-8)18-11(15)14-20(12,16)17/h2-6H,1H3,(H,14,15). The van der Waals surface area contributed by atoms with Crippen LogP contribution in [-0.2, 0) is 9.24 Å². The molecule has 6 nitrogen and oxygen atoms in total. The van der Waals surface area contributed by atoms with Gasteiger partial charge in [-0.15, -0.1) is 11.3 Å². The fraction of sp³-hybridized carbons (Fsp3) is 0.0909. The number of carbonyl (C=O) groups is 1. The van der Waals surface area contributed by atoms with Gasteiger partial charge in [0.25, 0.3) is 0 Å². The average Bonchev–Trinajstić information content (AvgIpc) is 2.74. The van der Waals surface area contributed by atoms with Gasteiger partial charge in [-0.3, -0.25) is 0 Å². The molecule has 2 aromatic rings. The first kappa shape index (κ1) is 14.8. The van der Waals surface area contributed by atoms with E-state index >= 15 is 0 Å². The van der Waals surface area contributed by atoms with Crippen LogP contribution in [0.2, 0.25) is 0 Å². The molecule has 0 fully saturated rings. The molecular formula is C11H9ClN2O4S2. The molecule has 0 spiro atoms. The molecule has 1 aromatic carbocycles. The predicted octanol–water partition coefficient (Wildman–Crippen LogP) is 2.69. The van der Waals surface area contributed by atoms with E-state index in [-0.39, 0.29) is 5.75 Å². The number of nitrogens with one attached hydrogen (secondary N) is 1. The van der Waals surface area contributed by atoms with E-state index in [2.05, 4.69) is 4.98 Å². The predicted molar refractivity (Wildman–Crippen MR) is 76.2 cm³/mol. The SMILES string of the molecule is Cc1csc(-c2ccc(OC(=O)NS(=O)(=O)Cl)cc2)n1. The summed E-state index contributed by atoms with van der Waals surface area (Å²) >= 11 is 1.50. The number of thiazole rings is 1. The highest BCUT2D eigenvalue weighted by atomic mass is 35.7. The van der Waals surface area contributed by atoms with Crippen molar-refractivity contribution in [2.24, 2.45) is 0 Å². The number of amides is 1. The number of benzene rings is 1. The molecule has 2 rings (SSSR count). The number of hydrogen-bond donors (Lipinski definition) is 1. The zero-order chi connectivity index (χ0) is 14.8. The highest BCUT2D eigenvalue weighted by Gasteiger charge is 2.12. The van der Waals surface area contributed by atoms with Gasteiger partial charge < -0.3 is 4.74 Å². The molecule has 20 heavy (non-hydrogen) atoms. The van der Waals surface area contributed by atoms with Gasteiger partial charge in [0.2, 0.25) is 0 Å². The van der Waals surface area contributed by atoms with Gasteiger partial charge in [0.15, 0.2) is 0 Å². The molecule has 0 aliphatic carbocycles. The summed E-state index contributed by atoms with van der Waals surface area (Å²) in [5.74, 6) is 0.194. The Morgan fingerprint density at radius 1 is 1.35 bits per heavy atom. The highest BCUT2D eigenvalue weighted by Crippen LogP contribution is 2.25. The first-order valence-corrected chi connectivity index (χ1v) is 8.49. The molecule has 0 atom stereocenters. The van der Waals surface area contributed by atoms with Gasteiger partial charge >= 0.3 is 15.3 Å². The van der Waals surface area contributed by atoms with Crippen molar-refractivity contribution in [3.8, 4) is 16.3 Å². The van der Waals surface area contributed by atoms with Gasteiger partial charge in [-0.25, -0.2) is 14.5 Å². The van der Waals surface area contributed by atoms with Crippen molar-refractivity contribution in [1.82, 2.24) is 9.71 Å². The summed E-state index contributed by atoms with van der Waals surface area (Å²) in [6.45, 7) is 1.90. The fourth-order valence-electron chi connectivity index (χ4n) is 1.38. The smallest absolute Gasteiger partial charge is 0.410 e. The second-order valence-corrected chi connectivity index (χ2v) is 6.90. The summed E-state index contributed by atoms with van der Waals surface area (Å²) in [4.78, 5) is 15.5. The highest BCUT2D eigenvalue weighted by molar-refractivity contribution is 8.12. The minimum atomic E-state index is -4.15. The minimum absolute atomic E-state index is 0.194. The van der Waals surface area contributed by atoms with Crippen LogP contribution in [0.15, 0.2) is 29.6 Å². The Kier molecular flexibility index (Phi) is 4.26. The first-order valence-electron chi connectivity index (χ1n) is 5.30. The summed E-state index contributed by atoms with van der Waals surface area (Å²) in [7, 11) is 0.703. The van der Waals surface area contributed by atoms with Gasteiger partial charge in [0, 0.05) is 27.3 Å². The van der Waals surface area contributed by atoms with Crippen LogP contribution in [0.5, 0.6) is 5.75 Å². The topological polar surface area (TPSA) is 85.4 Å². The quantitative estimate of drug-likeness (QED) is 0.873. The van der Waals surface area contributed by atoms with E-state index in [0.717, 1.165) is 16.3 Å². The lowest BCUT2D eigenvalue weighted by Crippen LogP contribution is -2.29. The maximum Gasteiger partial charge on any atom is 0.427 e. The Morgan fingerprint density at radius 2 is 2.00 bits per heavy atom. The molecule has 1 heterocycles. The third kappa shape index (κ3) is 4.19. The zero-order valence-corrected chi connectivity index (χ0v) is 12.6. The zero-order valence-electron chi connectivity index (χ0n) is 10.2. The molecule has 9 heteroatoms. The van der Waals surface area contributed by atoms with Gasteiger partial charge in [0.1, 0.15) is 10.8 Å². The molecule has 1 aromatic heterocycles. The molecule has 0 unspecified atom stereocenters. The number of nitrogens with zero attached hydrogens (tertiary/aromatic N) is 1. The maximum absolute atomic E-state index is 11.2. The number of rotatable bonds is 3. The average molecular weight is 333 g/mol. The summed E-state index contributed by atoms with van der Waals surface area (Å²) in [6, 6.07) is 6.51. The summed E-state index contributed by atoms with van der Waals surface area (Å²) in [5.41, 5.74) is 1.80. The Hall–Kier alpha value is -1.64. The summed E-state index contributed by atoms with van der Waals surface area (Å²) in [5, 5.41) is 2.78. The molecule has 0 saturated heterocycles. The van der Waals surface area contributed by atoms with Crippen molar-refractivity contribution in [2.45, 2.75) is 6.92 Å².